The van der Waals surface area contributed by atoms with Crippen LogP contribution in [0.2, 0.25) is 0 Å². The lowest BCUT2D eigenvalue weighted by Gasteiger charge is -2.22. The van der Waals surface area contributed by atoms with Crippen LogP contribution in [-0.2, 0) is 0 Å². The quantitative estimate of drug-likeness (QED) is 0.410. The van der Waals surface area contributed by atoms with Gasteiger partial charge in [0.15, 0.2) is 5.75 Å². The number of carbonyl (C=O) groups excluding carboxylic acids is 1. The molecule has 0 fully saturated rings. The number of aromatic hydroxyl groups is 1. The fourth-order valence-electron chi connectivity index (χ4n) is 3.14. The molecule has 0 unspecified atom stereocenters. The van der Waals surface area contributed by atoms with Gasteiger partial charge in [0.05, 0.1) is 16.9 Å². The van der Waals surface area contributed by atoms with Gasteiger partial charge < -0.3 is 20.6 Å². The Morgan fingerprint density at radius 3 is 2.27 bits per heavy atom. The van der Waals surface area contributed by atoms with Crippen molar-refractivity contribution in [3.05, 3.63) is 74.8 Å². The topological polar surface area (TPSA) is 119 Å². The number of aromatic nitrogens is 2. The SMILES string of the molecule is CC(C)[C@H](C)Nc1c(Nc2cccc(C(=O)N(C)C)c2O)c(=O)n(-c2ccccc2)[nH]c1=O. The summed E-state index contributed by atoms with van der Waals surface area (Å²) in [7, 11) is 3.15. The summed E-state index contributed by atoms with van der Waals surface area (Å²) in [5.74, 6) is -0.524. The molecule has 9 heteroatoms. The standard InChI is InChI=1S/C24H29N5O4/c1-14(2)15(3)25-19-20(24(33)29(27-22(19)31)16-10-7-6-8-11-16)26-18-13-9-12-17(21(18)30)23(32)28(4)5/h6-15,25-26,30H,1-5H3,(H,27,31)/t15-/m0/s1. The molecule has 1 aromatic heterocycles. The van der Waals surface area contributed by atoms with E-state index in [4.69, 9.17) is 0 Å². The van der Waals surface area contributed by atoms with E-state index in [2.05, 4.69) is 15.7 Å². The molecule has 0 bridgehead atoms. The van der Waals surface area contributed by atoms with Crippen LogP contribution in [-0.4, -0.2) is 45.8 Å². The molecular formula is C24H29N5O4. The first kappa shape index (κ1) is 23.6. The van der Waals surface area contributed by atoms with Crippen LogP contribution in [0.25, 0.3) is 5.69 Å². The van der Waals surface area contributed by atoms with Gasteiger partial charge in [0.25, 0.3) is 17.0 Å². The minimum absolute atomic E-state index is 0.0418. The second kappa shape index (κ2) is 9.64. The molecule has 0 aliphatic heterocycles. The van der Waals surface area contributed by atoms with Gasteiger partial charge in [0.2, 0.25) is 0 Å². The van der Waals surface area contributed by atoms with Gasteiger partial charge in [-0.05, 0) is 37.1 Å². The van der Waals surface area contributed by atoms with E-state index in [1.807, 2.05) is 20.8 Å². The van der Waals surface area contributed by atoms with E-state index >= 15 is 0 Å². The van der Waals surface area contributed by atoms with Crippen molar-refractivity contribution in [1.29, 1.82) is 0 Å². The number of nitrogens with zero attached hydrogens (tertiary/aromatic N) is 2. The van der Waals surface area contributed by atoms with Crippen molar-refractivity contribution in [3.8, 4) is 11.4 Å². The molecule has 0 aliphatic rings. The second-order valence-corrected chi connectivity index (χ2v) is 8.37. The van der Waals surface area contributed by atoms with Crippen LogP contribution in [0.5, 0.6) is 5.75 Å². The van der Waals surface area contributed by atoms with Gasteiger partial charge in [-0.25, -0.2) is 4.68 Å². The number of H-pyrrole nitrogens is 1. The van der Waals surface area contributed by atoms with Gasteiger partial charge in [-0.3, -0.25) is 19.5 Å². The largest absolute Gasteiger partial charge is 0.505 e. The fourth-order valence-corrected chi connectivity index (χ4v) is 3.14. The molecule has 1 heterocycles. The van der Waals surface area contributed by atoms with Crippen LogP contribution in [0.1, 0.15) is 31.1 Å². The van der Waals surface area contributed by atoms with E-state index in [1.54, 1.807) is 50.5 Å². The van der Waals surface area contributed by atoms with E-state index < -0.39 is 17.0 Å². The first-order valence-electron chi connectivity index (χ1n) is 10.6. The lowest BCUT2D eigenvalue weighted by Crippen LogP contribution is -2.35. The second-order valence-electron chi connectivity index (χ2n) is 8.37. The third-order valence-electron chi connectivity index (χ3n) is 5.43. The summed E-state index contributed by atoms with van der Waals surface area (Å²) in [5.41, 5.74) is -0.339. The Labute approximate surface area is 191 Å². The maximum absolute atomic E-state index is 13.5. The Morgan fingerprint density at radius 2 is 1.67 bits per heavy atom. The van der Waals surface area contributed by atoms with Crippen LogP contribution in [0, 0.1) is 5.92 Å². The predicted molar refractivity (Wildman–Crippen MR) is 130 cm³/mol. The number of hydrogen-bond donors (Lipinski definition) is 4. The third kappa shape index (κ3) is 4.92. The summed E-state index contributed by atoms with van der Waals surface area (Å²) in [6.45, 7) is 5.89. The molecule has 2 aromatic carbocycles. The first-order chi connectivity index (χ1) is 15.6. The van der Waals surface area contributed by atoms with Gasteiger partial charge >= 0.3 is 0 Å². The highest BCUT2D eigenvalue weighted by molar-refractivity contribution is 5.98. The number of carbonyl (C=O) groups is 1. The van der Waals surface area contributed by atoms with Crippen molar-refractivity contribution in [2.24, 2.45) is 5.92 Å². The molecule has 3 aromatic rings. The Hall–Kier alpha value is -4.01. The average Bonchev–Trinajstić information content (AvgIpc) is 2.79. The van der Waals surface area contributed by atoms with E-state index in [0.717, 1.165) is 4.68 Å². The van der Waals surface area contributed by atoms with Crippen molar-refractivity contribution in [2.45, 2.75) is 26.8 Å². The molecule has 9 nitrogen and oxygen atoms in total. The Bertz CT molecular complexity index is 1260. The highest BCUT2D eigenvalue weighted by atomic mass is 16.3. The van der Waals surface area contributed by atoms with Crippen LogP contribution in [0.3, 0.4) is 0 Å². The number of aromatic amines is 1. The van der Waals surface area contributed by atoms with Crippen LogP contribution < -0.4 is 21.8 Å². The number of phenols is 1. The lowest BCUT2D eigenvalue weighted by atomic mass is 10.1. The molecule has 4 N–H and O–H groups in total. The molecule has 174 valence electrons. The number of para-hydroxylation sites is 2. The summed E-state index contributed by atoms with van der Waals surface area (Å²) >= 11 is 0. The van der Waals surface area contributed by atoms with Crippen molar-refractivity contribution in [3.63, 3.8) is 0 Å². The number of anilines is 3. The lowest BCUT2D eigenvalue weighted by molar-refractivity contribution is 0.0824. The summed E-state index contributed by atoms with van der Waals surface area (Å²) in [4.78, 5) is 40.3. The van der Waals surface area contributed by atoms with Gasteiger partial charge in [0.1, 0.15) is 11.4 Å². The predicted octanol–water partition coefficient (Wildman–Crippen LogP) is 3.13. The first-order valence-corrected chi connectivity index (χ1v) is 10.6. The Kier molecular flexibility index (Phi) is 6.91. The molecule has 0 spiro atoms. The third-order valence-corrected chi connectivity index (χ3v) is 5.43. The number of amides is 1. The van der Waals surface area contributed by atoms with Crippen LogP contribution >= 0.6 is 0 Å². The molecule has 33 heavy (non-hydrogen) atoms. The molecule has 0 saturated heterocycles. The zero-order valence-electron chi connectivity index (χ0n) is 19.3. The summed E-state index contributed by atoms with van der Waals surface area (Å²) < 4.78 is 1.14. The van der Waals surface area contributed by atoms with Crippen LogP contribution in [0.4, 0.5) is 17.1 Å². The van der Waals surface area contributed by atoms with E-state index in [9.17, 15) is 19.5 Å². The van der Waals surface area contributed by atoms with Gasteiger partial charge in [0, 0.05) is 20.1 Å². The molecule has 0 saturated carbocycles. The number of rotatable bonds is 7. The highest BCUT2D eigenvalue weighted by Gasteiger charge is 2.22. The van der Waals surface area contributed by atoms with Crippen molar-refractivity contribution < 1.29 is 9.90 Å². The molecule has 3 rings (SSSR count). The van der Waals surface area contributed by atoms with E-state index in [-0.39, 0.29) is 40.3 Å². The summed E-state index contributed by atoms with van der Waals surface area (Å²) in [6.07, 6.45) is 0. The number of nitrogens with one attached hydrogen (secondary N) is 3. The average molecular weight is 452 g/mol. The van der Waals surface area contributed by atoms with Crippen LogP contribution in [0.15, 0.2) is 58.1 Å². The van der Waals surface area contributed by atoms with E-state index in [1.165, 1.54) is 17.0 Å². The number of benzene rings is 2. The van der Waals surface area contributed by atoms with Gasteiger partial charge in [-0.1, -0.05) is 38.1 Å². The summed E-state index contributed by atoms with van der Waals surface area (Å²) in [5, 5.41) is 19.4. The smallest absolute Gasteiger partial charge is 0.295 e. The maximum Gasteiger partial charge on any atom is 0.295 e. The van der Waals surface area contributed by atoms with Gasteiger partial charge in [-0.2, -0.15) is 0 Å². The minimum atomic E-state index is -0.525. The Balaban J connectivity index is 2.20. The molecule has 1 amide bonds. The normalized spacial score (nSPS) is 11.8. The zero-order valence-corrected chi connectivity index (χ0v) is 19.3. The number of phenolic OH excluding ortho intramolecular Hbond substituents is 1. The minimum Gasteiger partial charge on any atom is -0.505 e. The maximum atomic E-state index is 13.5. The molecule has 0 radical (unpaired) electrons. The van der Waals surface area contributed by atoms with Crippen molar-refractivity contribution >= 4 is 23.0 Å². The van der Waals surface area contributed by atoms with Crippen molar-refractivity contribution in [1.82, 2.24) is 14.7 Å². The zero-order chi connectivity index (χ0) is 24.3. The Morgan fingerprint density at radius 1 is 1.00 bits per heavy atom. The fraction of sp³-hybridized carbons (Fsp3) is 0.292. The summed E-state index contributed by atoms with van der Waals surface area (Å²) in [6, 6.07) is 13.2. The monoisotopic (exact) mass is 451 g/mol. The highest BCUT2D eigenvalue weighted by Crippen LogP contribution is 2.31. The molecular weight excluding hydrogens is 422 g/mol. The van der Waals surface area contributed by atoms with Gasteiger partial charge in [-0.15, -0.1) is 0 Å². The van der Waals surface area contributed by atoms with Crippen molar-refractivity contribution in [2.75, 3.05) is 24.7 Å². The van der Waals surface area contributed by atoms with E-state index in [0.29, 0.717) is 5.69 Å². The molecule has 1 atom stereocenters. The molecule has 0 aliphatic carbocycles. The number of hydrogen-bond acceptors (Lipinski definition) is 6.